The van der Waals surface area contributed by atoms with Crippen LogP contribution >= 0.6 is 11.6 Å². The Morgan fingerprint density at radius 2 is 1.93 bits per heavy atom. The lowest BCUT2D eigenvalue weighted by Gasteiger charge is -2.23. The first-order chi connectivity index (χ1) is 13.8. The number of nitrogens with zero attached hydrogens (tertiary/aromatic N) is 2. The van der Waals surface area contributed by atoms with Gasteiger partial charge in [0, 0.05) is 16.3 Å². The standard InChI is InChI=1S/C22H20ClN3O3/c1-13-20(14(2)25-24-13)19(27)11-22(29)17-10-16(23)8-9-18(17)26(21(22)28)12-15-6-4-3-5-7-15/h3-10,29H,11-12H2,1-2H3,(H,24,25)/t22-/m1/s1. The maximum Gasteiger partial charge on any atom is 0.264 e. The predicted octanol–water partition coefficient (Wildman–Crippen LogP) is 3.69. The van der Waals surface area contributed by atoms with E-state index in [4.69, 9.17) is 11.6 Å². The molecule has 2 N–H and O–H groups in total. The third kappa shape index (κ3) is 3.24. The highest BCUT2D eigenvalue weighted by atomic mass is 35.5. The lowest BCUT2D eigenvalue weighted by molar-refractivity contribution is -0.136. The number of carbonyl (C=O) groups excluding carboxylic acids is 2. The molecule has 1 atom stereocenters. The number of H-pyrrole nitrogens is 1. The number of hydrogen-bond donors (Lipinski definition) is 2. The van der Waals surface area contributed by atoms with E-state index in [-0.39, 0.29) is 18.7 Å². The smallest absolute Gasteiger partial charge is 0.264 e. The number of nitrogens with one attached hydrogen (secondary N) is 1. The van der Waals surface area contributed by atoms with Crippen molar-refractivity contribution >= 4 is 29.0 Å². The van der Waals surface area contributed by atoms with Crippen molar-refractivity contribution in [2.45, 2.75) is 32.4 Å². The van der Waals surface area contributed by atoms with Crippen LogP contribution in [0.5, 0.6) is 0 Å². The maximum absolute atomic E-state index is 13.3. The molecule has 0 spiro atoms. The first-order valence-corrected chi connectivity index (χ1v) is 9.62. The molecule has 2 aromatic carbocycles. The van der Waals surface area contributed by atoms with Gasteiger partial charge in [-0.25, -0.2) is 0 Å². The van der Waals surface area contributed by atoms with Crippen molar-refractivity contribution in [2.75, 3.05) is 4.90 Å². The van der Waals surface area contributed by atoms with Gasteiger partial charge in [0.1, 0.15) is 0 Å². The third-order valence-corrected chi connectivity index (χ3v) is 5.54. The Kier molecular flexibility index (Phi) is 4.76. The van der Waals surface area contributed by atoms with E-state index >= 15 is 0 Å². The minimum absolute atomic E-state index is 0.286. The zero-order valence-corrected chi connectivity index (χ0v) is 16.8. The summed E-state index contributed by atoms with van der Waals surface area (Å²) in [4.78, 5) is 27.8. The number of anilines is 1. The summed E-state index contributed by atoms with van der Waals surface area (Å²) in [6, 6.07) is 14.4. The summed E-state index contributed by atoms with van der Waals surface area (Å²) < 4.78 is 0. The molecule has 3 aromatic rings. The Hall–Kier alpha value is -2.96. The van der Waals surface area contributed by atoms with E-state index in [0.29, 0.717) is 33.2 Å². The Labute approximate surface area is 173 Å². The van der Waals surface area contributed by atoms with Gasteiger partial charge in [-0.15, -0.1) is 0 Å². The number of aliphatic hydroxyl groups is 1. The number of Topliss-reactive ketones (excluding diaryl/α,β-unsaturated/α-hetero) is 1. The van der Waals surface area contributed by atoms with Crippen LogP contribution in [0.3, 0.4) is 0 Å². The average molecular weight is 410 g/mol. The monoisotopic (exact) mass is 409 g/mol. The Bertz CT molecular complexity index is 1090. The minimum Gasteiger partial charge on any atom is -0.375 e. The van der Waals surface area contributed by atoms with Gasteiger partial charge in [-0.1, -0.05) is 41.9 Å². The van der Waals surface area contributed by atoms with Crippen LogP contribution in [-0.2, 0) is 16.9 Å². The van der Waals surface area contributed by atoms with Crippen LogP contribution in [0, 0.1) is 13.8 Å². The summed E-state index contributed by atoms with van der Waals surface area (Å²) in [6.07, 6.45) is -0.383. The first-order valence-electron chi connectivity index (χ1n) is 9.24. The van der Waals surface area contributed by atoms with Crippen molar-refractivity contribution in [1.29, 1.82) is 0 Å². The van der Waals surface area contributed by atoms with Gasteiger partial charge in [0.25, 0.3) is 5.91 Å². The normalized spacial score (nSPS) is 18.2. The third-order valence-electron chi connectivity index (χ3n) is 5.30. The molecule has 1 aliphatic heterocycles. The molecule has 0 bridgehead atoms. The van der Waals surface area contributed by atoms with E-state index in [1.54, 1.807) is 32.0 Å². The summed E-state index contributed by atoms with van der Waals surface area (Å²) in [7, 11) is 0. The van der Waals surface area contributed by atoms with Crippen molar-refractivity contribution in [1.82, 2.24) is 10.2 Å². The number of rotatable bonds is 5. The molecule has 2 heterocycles. The molecular weight excluding hydrogens is 390 g/mol. The number of fused-ring (bicyclic) bond motifs is 1. The fourth-order valence-corrected chi connectivity index (χ4v) is 4.07. The van der Waals surface area contributed by atoms with E-state index in [2.05, 4.69) is 10.2 Å². The van der Waals surface area contributed by atoms with Crippen molar-refractivity contribution in [3.63, 3.8) is 0 Å². The average Bonchev–Trinajstić information content (AvgIpc) is 3.13. The second-order valence-corrected chi connectivity index (χ2v) is 7.74. The topological polar surface area (TPSA) is 86.3 Å². The lowest BCUT2D eigenvalue weighted by Crippen LogP contribution is -2.41. The van der Waals surface area contributed by atoms with Crippen LogP contribution < -0.4 is 4.90 Å². The van der Waals surface area contributed by atoms with E-state index in [0.717, 1.165) is 5.56 Å². The molecule has 0 saturated carbocycles. The summed E-state index contributed by atoms with van der Waals surface area (Å²) in [5.74, 6) is -0.886. The van der Waals surface area contributed by atoms with Gasteiger partial charge < -0.3 is 10.0 Å². The van der Waals surface area contributed by atoms with Gasteiger partial charge in [0.05, 0.1) is 29.9 Å². The fraction of sp³-hybridized carbons (Fsp3) is 0.227. The van der Waals surface area contributed by atoms with Crippen LogP contribution in [-0.4, -0.2) is 27.0 Å². The van der Waals surface area contributed by atoms with E-state index in [1.165, 1.54) is 4.90 Å². The van der Waals surface area contributed by atoms with E-state index in [9.17, 15) is 14.7 Å². The SMILES string of the molecule is Cc1n[nH]c(C)c1C(=O)C[C@]1(O)C(=O)N(Cc2ccccc2)c2ccc(Cl)cc21. The zero-order chi connectivity index (χ0) is 20.8. The molecule has 7 heteroatoms. The maximum atomic E-state index is 13.3. The molecule has 1 aromatic heterocycles. The molecule has 0 aliphatic carbocycles. The summed E-state index contributed by atoms with van der Waals surface area (Å²) >= 11 is 6.15. The molecule has 6 nitrogen and oxygen atoms in total. The van der Waals surface area contributed by atoms with Gasteiger partial charge in [0.15, 0.2) is 11.4 Å². The Balaban J connectivity index is 1.74. The number of benzene rings is 2. The predicted molar refractivity (Wildman–Crippen MR) is 110 cm³/mol. The van der Waals surface area contributed by atoms with Crippen LogP contribution in [0.25, 0.3) is 0 Å². The van der Waals surface area contributed by atoms with Crippen LogP contribution in [0.4, 0.5) is 5.69 Å². The van der Waals surface area contributed by atoms with E-state index < -0.39 is 11.5 Å². The van der Waals surface area contributed by atoms with Crippen molar-refractivity contribution in [3.8, 4) is 0 Å². The number of halogens is 1. The molecule has 0 radical (unpaired) electrons. The van der Waals surface area contributed by atoms with E-state index in [1.807, 2.05) is 30.3 Å². The van der Waals surface area contributed by atoms with Crippen molar-refractivity contribution in [3.05, 3.63) is 81.6 Å². The van der Waals surface area contributed by atoms with Crippen molar-refractivity contribution in [2.24, 2.45) is 0 Å². The van der Waals surface area contributed by atoms with Crippen LogP contribution in [0.1, 0.15) is 39.3 Å². The molecular formula is C22H20ClN3O3. The van der Waals surface area contributed by atoms with Crippen LogP contribution in [0.2, 0.25) is 5.02 Å². The fourth-order valence-electron chi connectivity index (χ4n) is 3.90. The molecule has 1 aliphatic rings. The van der Waals surface area contributed by atoms with Gasteiger partial charge in [-0.05, 0) is 37.6 Å². The highest BCUT2D eigenvalue weighted by molar-refractivity contribution is 6.31. The van der Waals surface area contributed by atoms with Gasteiger partial charge in [-0.3, -0.25) is 14.7 Å². The summed E-state index contributed by atoms with van der Waals surface area (Å²) in [5.41, 5.74) is 1.37. The molecule has 0 saturated heterocycles. The van der Waals surface area contributed by atoms with Crippen molar-refractivity contribution < 1.29 is 14.7 Å². The number of amides is 1. The number of aryl methyl sites for hydroxylation is 2. The van der Waals surface area contributed by atoms with Crippen LogP contribution in [0.15, 0.2) is 48.5 Å². The second-order valence-electron chi connectivity index (χ2n) is 7.31. The van der Waals surface area contributed by atoms with Gasteiger partial charge >= 0.3 is 0 Å². The minimum atomic E-state index is -1.98. The second kappa shape index (κ2) is 7.13. The highest BCUT2D eigenvalue weighted by Gasteiger charge is 2.51. The summed E-state index contributed by atoms with van der Waals surface area (Å²) in [6.45, 7) is 3.73. The number of hydrogen-bond acceptors (Lipinski definition) is 4. The Morgan fingerprint density at radius 3 is 2.59 bits per heavy atom. The molecule has 148 valence electrons. The quantitative estimate of drug-likeness (QED) is 0.629. The number of aromatic nitrogens is 2. The number of aromatic amines is 1. The molecule has 0 fully saturated rings. The molecule has 4 rings (SSSR count). The molecule has 29 heavy (non-hydrogen) atoms. The summed E-state index contributed by atoms with van der Waals surface area (Å²) in [5, 5.41) is 18.6. The lowest BCUT2D eigenvalue weighted by atomic mass is 9.87. The molecule has 1 amide bonds. The largest absolute Gasteiger partial charge is 0.375 e. The highest BCUT2D eigenvalue weighted by Crippen LogP contribution is 2.44. The van der Waals surface area contributed by atoms with Gasteiger partial charge in [0.2, 0.25) is 0 Å². The van der Waals surface area contributed by atoms with Gasteiger partial charge in [-0.2, -0.15) is 5.10 Å². The number of carbonyl (C=O) groups is 2. The molecule has 0 unspecified atom stereocenters. The zero-order valence-electron chi connectivity index (χ0n) is 16.1. The Morgan fingerprint density at radius 1 is 1.21 bits per heavy atom. The number of ketones is 1. The first kappa shape index (κ1) is 19.4.